The van der Waals surface area contributed by atoms with E-state index in [0.29, 0.717) is 32.3 Å². The van der Waals surface area contributed by atoms with Gasteiger partial charge in [-0.05, 0) is 44.7 Å². The molecule has 0 N–H and O–H groups in total. The van der Waals surface area contributed by atoms with E-state index in [1.54, 1.807) is 14.2 Å². The number of fused-ring (bicyclic) bond motifs is 1. The molecule has 0 heterocycles. The van der Waals surface area contributed by atoms with Crippen LogP contribution in [0.1, 0.15) is 50.7 Å². The highest BCUT2D eigenvalue weighted by molar-refractivity contribution is 5.52. The normalized spacial score (nSPS) is 16.1. The van der Waals surface area contributed by atoms with Gasteiger partial charge in [0.25, 0.3) is 0 Å². The number of benzene rings is 1. The van der Waals surface area contributed by atoms with Crippen LogP contribution in [0.3, 0.4) is 0 Å². The molecule has 1 aromatic carbocycles. The highest BCUT2D eigenvalue weighted by Gasteiger charge is 2.49. The first-order chi connectivity index (χ1) is 14.1. The van der Waals surface area contributed by atoms with Crippen molar-refractivity contribution in [2.75, 3.05) is 53.9 Å². The first kappa shape index (κ1) is 25.6. The van der Waals surface area contributed by atoms with Gasteiger partial charge >= 0.3 is 0 Å². The Morgan fingerprint density at radius 3 is 1.90 bits per heavy atom. The van der Waals surface area contributed by atoms with Crippen molar-refractivity contribution in [1.29, 1.82) is 0 Å². The Morgan fingerprint density at radius 1 is 0.931 bits per heavy atom. The topological polar surface area (TPSA) is 36.9 Å². The summed E-state index contributed by atoms with van der Waals surface area (Å²) in [6.07, 6.45) is 6.10. The van der Waals surface area contributed by atoms with E-state index in [9.17, 15) is 0 Å². The third-order valence-corrected chi connectivity index (χ3v) is 5.49. The number of rotatable bonds is 13. The molecule has 2 rings (SSSR count). The molecule has 29 heavy (non-hydrogen) atoms. The molecular weight excluding hydrogens is 364 g/mol. The molecule has 0 aliphatic heterocycles. The smallest absolute Gasteiger partial charge is 0.0700 e. The number of hydrogen-bond donors (Lipinski definition) is 0. The van der Waals surface area contributed by atoms with E-state index in [1.807, 2.05) is 6.92 Å². The summed E-state index contributed by atoms with van der Waals surface area (Å²) in [6, 6.07) is 8.66. The van der Waals surface area contributed by atoms with Crippen LogP contribution in [0.15, 0.2) is 48.6 Å². The van der Waals surface area contributed by atoms with Crippen molar-refractivity contribution in [3.05, 3.63) is 59.7 Å². The van der Waals surface area contributed by atoms with Gasteiger partial charge in [0.2, 0.25) is 0 Å². The minimum absolute atomic E-state index is 0.0679. The predicted molar refractivity (Wildman–Crippen MR) is 121 cm³/mol. The van der Waals surface area contributed by atoms with Crippen LogP contribution < -0.4 is 0 Å². The molecule has 0 saturated carbocycles. The Morgan fingerprint density at radius 2 is 1.45 bits per heavy atom. The van der Waals surface area contributed by atoms with Crippen LogP contribution in [0.2, 0.25) is 0 Å². The lowest BCUT2D eigenvalue weighted by Gasteiger charge is -2.51. The molecule has 1 aromatic rings. The van der Waals surface area contributed by atoms with Crippen molar-refractivity contribution < 1.29 is 18.9 Å². The number of hydrogen-bond acceptors (Lipinski definition) is 4. The van der Waals surface area contributed by atoms with Crippen molar-refractivity contribution >= 4 is 0 Å². The van der Waals surface area contributed by atoms with Crippen LogP contribution in [0, 0.1) is 0 Å². The molecular formula is C25H40O4. The molecule has 0 bridgehead atoms. The summed E-state index contributed by atoms with van der Waals surface area (Å²) in [5.74, 6) is 0.366. The summed E-state index contributed by atoms with van der Waals surface area (Å²) in [4.78, 5) is 0. The second kappa shape index (κ2) is 14.5. The third-order valence-electron chi connectivity index (χ3n) is 5.49. The lowest BCUT2D eigenvalue weighted by molar-refractivity contribution is 0.0367. The second-order valence-corrected chi connectivity index (χ2v) is 7.53. The van der Waals surface area contributed by atoms with Crippen LogP contribution in [-0.2, 0) is 24.4 Å². The maximum atomic E-state index is 5.74. The molecule has 164 valence electrons. The molecule has 1 unspecified atom stereocenters. The Bertz CT molecular complexity index is 591. The quantitative estimate of drug-likeness (QED) is 0.331. The molecule has 4 nitrogen and oxygen atoms in total. The Labute approximate surface area is 177 Å². The summed E-state index contributed by atoms with van der Waals surface area (Å²) in [6.45, 7) is 14.3. The molecule has 0 fully saturated rings. The number of ether oxygens (including phenoxy) is 4. The molecule has 1 atom stereocenters. The first-order valence-corrected chi connectivity index (χ1v) is 10.5. The third kappa shape index (κ3) is 7.71. The Hall–Kier alpha value is -1.46. The van der Waals surface area contributed by atoms with Gasteiger partial charge in [0.1, 0.15) is 0 Å². The van der Waals surface area contributed by atoms with Crippen molar-refractivity contribution in [3.63, 3.8) is 0 Å². The van der Waals surface area contributed by atoms with Crippen LogP contribution in [0.25, 0.3) is 0 Å². The van der Waals surface area contributed by atoms with Gasteiger partial charge in [-0.15, -0.1) is 6.58 Å². The SMILES string of the molecule is C=CC1c2ccccc2C1(CCOCCOC)CCOCCOC.CC=C(C)C. The minimum atomic E-state index is 0.0679. The summed E-state index contributed by atoms with van der Waals surface area (Å²) in [7, 11) is 3.39. The largest absolute Gasteiger partial charge is 0.382 e. The van der Waals surface area contributed by atoms with Crippen molar-refractivity contribution in [1.82, 2.24) is 0 Å². The minimum Gasteiger partial charge on any atom is -0.382 e. The van der Waals surface area contributed by atoms with E-state index in [1.165, 1.54) is 16.7 Å². The van der Waals surface area contributed by atoms with E-state index < -0.39 is 0 Å². The molecule has 0 spiro atoms. The predicted octanol–water partition coefficient (Wildman–Crippen LogP) is 5.29. The van der Waals surface area contributed by atoms with Gasteiger partial charge in [0, 0.05) is 38.8 Å². The lowest BCUT2D eigenvalue weighted by Crippen LogP contribution is -2.44. The van der Waals surface area contributed by atoms with Crippen molar-refractivity contribution in [2.24, 2.45) is 0 Å². The average molecular weight is 405 g/mol. The average Bonchev–Trinajstić information content (AvgIpc) is 2.73. The molecule has 0 saturated heterocycles. The van der Waals surface area contributed by atoms with Gasteiger partial charge in [-0.3, -0.25) is 0 Å². The van der Waals surface area contributed by atoms with Crippen LogP contribution in [0.4, 0.5) is 0 Å². The van der Waals surface area contributed by atoms with Gasteiger partial charge < -0.3 is 18.9 Å². The van der Waals surface area contributed by atoms with Gasteiger partial charge in [0.15, 0.2) is 0 Å². The molecule has 1 aliphatic carbocycles. The van der Waals surface area contributed by atoms with Gasteiger partial charge in [-0.25, -0.2) is 0 Å². The van der Waals surface area contributed by atoms with Gasteiger partial charge in [-0.1, -0.05) is 42.0 Å². The number of methoxy groups -OCH3 is 2. The molecule has 0 aromatic heterocycles. The van der Waals surface area contributed by atoms with Gasteiger partial charge in [-0.2, -0.15) is 0 Å². The molecule has 0 radical (unpaired) electrons. The van der Waals surface area contributed by atoms with E-state index in [-0.39, 0.29) is 5.41 Å². The zero-order valence-electron chi connectivity index (χ0n) is 19.0. The fourth-order valence-corrected chi connectivity index (χ4v) is 3.66. The fourth-order valence-electron chi connectivity index (χ4n) is 3.66. The first-order valence-electron chi connectivity index (χ1n) is 10.5. The van der Waals surface area contributed by atoms with E-state index >= 15 is 0 Å². The highest BCUT2D eigenvalue weighted by atomic mass is 16.5. The summed E-state index contributed by atoms with van der Waals surface area (Å²) in [5.41, 5.74) is 4.25. The van der Waals surface area contributed by atoms with Crippen LogP contribution >= 0.6 is 0 Å². The fraction of sp³-hybridized carbons (Fsp3) is 0.600. The second-order valence-electron chi connectivity index (χ2n) is 7.53. The molecule has 4 heteroatoms. The van der Waals surface area contributed by atoms with E-state index in [4.69, 9.17) is 18.9 Å². The van der Waals surface area contributed by atoms with Crippen molar-refractivity contribution in [3.8, 4) is 0 Å². The van der Waals surface area contributed by atoms with Gasteiger partial charge in [0.05, 0.1) is 26.4 Å². The standard InChI is InChI=1S/C20H30O4.C5H10/c1-4-18-17-7-5-6-8-19(17)20(18,9-11-23-15-13-21-2)10-12-24-16-14-22-3;1-4-5(2)3/h4-8,18H,1,9-16H2,2-3H3;4H,1-3H3. The maximum Gasteiger partial charge on any atom is 0.0700 e. The van der Waals surface area contributed by atoms with E-state index in [2.05, 4.69) is 56.8 Å². The Kier molecular flexibility index (Phi) is 12.8. The highest BCUT2D eigenvalue weighted by Crippen LogP contribution is 2.56. The van der Waals surface area contributed by atoms with Crippen LogP contribution in [0.5, 0.6) is 0 Å². The summed E-state index contributed by atoms with van der Waals surface area (Å²) >= 11 is 0. The summed E-state index contributed by atoms with van der Waals surface area (Å²) in [5, 5.41) is 0. The molecule has 1 aliphatic rings. The monoisotopic (exact) mass is 404 g/mol. The number of allylic oxidation sites excluding steroid dienone is 3. The Balaban J connectivity index is 0.000000749. The zero-order valence-corrected chi connectivity index (χ0v) is 19.0. The lowest BCUT2D eigenvalue weighted by atomic mass is 9.53. The van der Waals surface area contributed by atoms with Crippen LogP contribution in [-0.4, -0.2) is 53.9 Å². The summed E-state index contributed by atoms with van der Waals surface area (Å²) < 4.78 is 21.6. The molecule has 0 amide bonds. The van der Waals surface area contributed by atoms with E-state index in [0.717, 1.165) is 26.1 Å². The zero-order chi connectivity index (χ0) is 21.5. The van der Waals surface area contributed by atoms with Crippen molar-refractivity contribution in [2.45, 2.75) is 44.9 Å². The maximum absolute atomic E-state index is 5.74.